The number of fused-ring (bicyclic) bond motifs is 3. The second kappa shape index (κ2) is 7.67. The smallest absolute Gasteiger partial charge is 0.269 e. The summed E-state index contributed by atoms with van der Waals surface area (Å²) >= 11 is 0. The molecule has 0 amide bonds. The number of ether oxygens (including phenoxy) is 1. The third-order valence-electron chi connectivity index (χ3n) is 6.06. The number of hydrogen-bond donors (Lipinski definition) is 1. The third-order valence-corrected chi connectivity index (χ3v) is 6.06. The van der Waals surface area contributed by atoms with Crippen LogP contribution in [0.1, 0.15) is 35.1 Å². The summed E-state index contributed by atoms with van der Waals surface area (Å²) in [4.78, 5) is 10.4. The molecule has 0 unspecified atom stereocenters. The molecule has 0 aromatic heterocycles. The quantitative estimate of drug-likeness (QED) is 0.325. The van der Waals surface area contributed by atoms with Crippen molar-refractivity contribution in [1.29, 1.82) is 0 Å². The van der Waals surface area contributed by atoms with E-state index in [1.165, 1.54) is 28.9 Å². The van der Waals surface area contributed by atoms with Gasteiger partial charge in [0.15, 0.2) is 0 Å². The highest BCUT2D eigenvalue weighted by atomic mass is 16.6. The molecule has 5 rings (SSSR count). The highest BCUT2D eigenvalue weighted by molar-refractivity contribution is 5.59. The number of nitrogens with zero attached hydrogens (tertiary/aromatic N) is 1. The molecule has 1 aliphatic carbocycles. The van der Waals surface area contributed by atoms with Crippen LogP contribution in [0.4, 0.5) is 11.4 Å². The predicted molar refractivity (Wildman–Crippen MR) is 117 cm³/mol. The van der Waals surface area contributed by atoms with E-state index in [1.54, 1.807) is 12.1 Å². The van der Waals surface area contributed by atoms with Gasteiger partial charge in [-0.1, -0.05) is 42.5 Å². The molecule has 1 heterocycles. The molecule has 150 valence electrons. The van der Waals surface area contributed by atoms with Gasteiger partial charge in [-0.3, -0.25) is 10.1 Å². The molecule has 0 spiro atoms. The Morgan fingerprint density at radius 2 is 1.77 bits per heavy atom. The van der Waals surface area contributed by atoms with Crippen LogP contribution in [0.3, 0.4) is 0 Å². The van der Waals surface area contributed by atoms with E-state index in [-0.39, 0.29) is 11.7 Å². The van der Waals surface area contributed by atoms with Crippen molar-refractivity contribution in [3.63, 3.8) is 0 Å². The lowest BCUT2D eigenvalue weighted by atomic mass is 9.77. The first-order chi connectivity index (χ1) is 14.7. The standard InChI is InChI=1S/C25H22N2O3/c28-27(29)19-12-8-17(9-13-19)16-30-20-14-10-18(11-15-20)25-23-6-3-5-21(23)22-4-1-2-7-24(22)26-25/h1-5,7-15,21,23,25-26H,6,16H2/t21-,23-,25-/m0/s1. The van der Waals surface area contributed by atoms with Gasteiger partial charge in [-0.15, -0.1) is 0 Å². The largest absolute Gasteiger partial charge is 0.489 e. The molecule has 5 nitrogen and oxygen atoms in total. The predicted octanol–water partition coefficient (Wildman–Crippen LogP) is 6.00. The third kappa shape index (κ3) is 3.43. The fourth-order valence-corrected chi connectivity index (χ4v) is 4.53. The molecule has 3 aromatic carbocycles. The Morgan fingerprint density at radius 1 is 1.00 bits per heavy atom. The maximum atomic E-state index is 10.8. The molecule has 0 saturated carbocycles. The van der Waals surface area contributed by atoms with Crippen LogP contribution in [0, 0.1) is 16.0 Å². The highest BCUT2D eigenvalue weighted by Gasteiger charge is 2.37. The molecule has 3 atom stereocenters. The Kier molecular flexibility index (Phi) is 4.71. The Hall–Kier alpha value is -3.60. The average molecular weight is 398 g/mol. The van der Waals surface area contributed by atoms with Crippen LogP contribution in [-0.4, -0.2) is 4.92 Å². The summed E-state index contributed by atoms with van der Waals surface area (Å²) in [6.45, 7) is 0.376. The summed E-state index contributed by atoms with van der Waals surface area (Å²) in [6, 6.07) is 23.6. The van der Waals surface area contributed by atoms with Gasteiger partial charge < -0.3 is 10.1 Å². The van der Waals surface area contributed by atoms with E-state index < -0.39 is 4.92 Å². The number of anilines is 1. The molecule has 3 aromatic rings. The number of hydrogen-bond acceptors (Lipinski definition) is 4. The van der Waals surface area contributed by atoms with Gasteiger partial charge in [0.2, 0.25) is 0 Å². The second-order valence-corrected chi connectivity index (χ2v) is 7.84. The molecular weight excluding hydrogens is 376 g/mol. The Labute approximate surface area is 175 Å². The van der Waals surface area contributed by atoms with Crippen LogP contribution in [-0.2, 0) is 6.61 Å². The minimum absolute atomic E-state index is 0.0874. The van der Waals surface area contributed by atoms with Gasteiger partial charge in [0.05, 0.1) is 11.0 Å². The minimum Gasteiger partial charge on any atom is -0.489 e. The first-order valence-corrected chi connectivity index (χ1v) is 10.2. The van der Waals surface area contributed by atoms with E-state index in [0.717, 1.165) is 17.7 Å². The zero-order chi connectivity index (χ0) is 20.5. The van der Waals surface area contributed by atoms with Gasteiger partial charge >= 0.3 is 0 Å². The Balaban J connectivity index is 1.29. The van der Waals surface area contributed by atoms with E-state index in [4.69, 9.17) is 4.74 Å². The van der Waals surface area contributed by atoms with Gasteiger partial charge in [0.1, 0.15) is 12.4 Å². The second-order valence-electron chi connectivity index (χ2n) is 7.84. The highest BCUT2D eigenvalue weighted by Crippen LogP contribution is 2.49. The summed E-state index contributed by atoms with van der Waals surface area (Å²) in [6.07, 6.45) is 5.72. The fourth-order valence-electron chi connectivity index (χ4n) is 4.53. The number of rotatable bonds is 5. The number of nitrogens with one attached hydrogen (secondary N) is 1. The Morgan fingerprint density at radius 3 is 2.53 bits per heavy atom. The van der Waals surface area contributed by atoms with E-state index in [1.807, 2.05) is 12.1 Å². The maximum absolute atomic E-state index is 10.8. The summed E-state index contributed by atoms with van der Waals surface area (Å²) in [5.74, 6) is 1.77. The molecule has 0 bridgehead atoms. The monoisotopic (exact) mass is 398 g/mol. The van der Waals surface area contributed by atoms with Crippen LogP contribution in [0.15, 0.2) is 84.9 Å². The van der Waals surface area contributed by atoms with E-state index >= 15 is 0 Å². The molecule has 0 saturated heterocycles. The number of benzene rings is 3. The number of nitro benzene ring substituents is 1. The van der Waals surface area contributed by atoms with Gasteiger partial charge in [0.25, 0.3) is 5.69 Å². The number of non-ortho nitro benzene ring substituents is 1. The number of nitro groups is 1. The van der Waals surface area contributed by atoms with Gasteiger partial charge in [-0.25, -0.2) is 0 Å². The van der Waals surface area contributed by atoms with Gasteiger partial charge in [0, 0.05) is 23.7 Å². The van der Waals surface area contributed by atoms with Crippen molar-refractivity contribution in [2.24, 2.45) is 5.92 Å². The first kappa shape index (κ1) is 18.4. The lowest BCUT2D eigenvalue weighted by Gasteiger charge is -2.37. The fraction of sp³-hybridized carbons (Fsp3) is 0.200. The molecule has 1 N–H and O–H groups in total. The van der Waals surface area contributed by atoms with Crippen molar-refractivity contribution in [2.75, 3.05) is 5.32 Å². The molecule has 0 radical (unpaired) electrons. The van der Waals surface area contributed by atoms with Gasteiger partial charge in [-0.2, -0.15) is 0 Å². The SMILES string of the molecule is O=[N+]([O-])c1ccc(COc2ccc([C@@H]3Nc4ccccc4[C@@H]4C=CC[C@@H]43)cc2)cc1. The van der Waals surface area contributed by atoms with Crippen molar-refractivity contribution in [1.82, 2.24) is 0 Å². The molecule has 1 aliphatic heterocycles. The van der Waals surface area contributed by atoms with Crippen molar-refractivity contribution >= 4 is 11.4 Å². The normalized spacial score (nSPS) is 21.4. The zero-order valence-electron chi connectivity index (χ0n) is 16.4. The van der Waals surface area contributed by atoms with E-state index in [2.05, 4.69) is 53.9 Å². The van der Waals surface area contributed by atoms with Crippen molar-refractivity contribution in [3.8, 4) is 5.75 Å². The van der Waals surface area contributed by atoms with Gasteiger partial charge in [-0.05, 0) is 59.4 Å². The number of allylic oxidation sites excluding steroid dienone is 2. The molecule has 30 heavy (non-hydrogen) atoms. The lowest BCUT2D eigenvalue weighted by molar-refractivity contribution is -0.384. The maximum Gasteiger partial charge on any atom is 0.269 e. The molecular formula is C25H22N2O3. The van der Waals surface area contributed by atoms with Crippen LogP contribution in [0.2, 0.25) is 0 Å². The van der Waals surface area contributed by atoms with Crippen LogP contribution >= 0.6 is 0 Å². The average Bonchev–Trinajstić information content (AvgIpc) is 3.28. The minimum atomic E-state index is -0.397. The number of para-hydroxylation sites is 1. The van der Waals surface area contributed by atoms with Crippen molar-refractivity contribution in [2.45, 2.75) is 25.0 Å². The molecule has 2 aliphatic rings. The topological polar surface area (TPSA) is 64.4 Å². The van der Waals surface area contributed by atoms with Crippen LogP contribution in [0.25, 0.3) is 0 Å². The van der Waals surface area contributed by atoms with Crippen LogP contribution < -0.4 is 10.1 Å². The first-order valence-electron chi connectivity index (χ1n) is 10.2. The van der Waals surface area contributed by atoms with Crippen molar-refractivity contribution < 1.29 is 9.66 Å². The Bertz CT molecular complexity index is 1090. The molecule has 0 fully saturated rings. The van der Waals surface area contributed by atoms with E-state index in [0.29, 0.717) is 18.4 Å². The molecule has 5 heteroatoms. The lowest BCUT2D eigenvalue weighted by Crippen LogP contribution is -2.28. The summed E-state index contributed by atoms with van der Waals surface area (Å²) < 4.78 is 5.88. The van der Waals surface area contributed by atoms with E-state index in [9.17, 15) is 10.1 Å². The summed E-state index contributed by atoms with van der Waals surface area (Å²) in [5.41, 5.74) is 4.84. The van der Waals surface area contributed by atoms with Crippen molar-refractivity contribution in [3.05, 3.63) is 112 Å². The summed E-state index contributed by atoms with van der Waals surface area (Å²) in [7, 11) is 0. The zero-order valence-corrected chi connectivity index (χ0v) is 16.4. The summed E-state index contributed by atoms with van der Waals surface area (Å²) in [5, 5.41) is 14.5. The van der Waals surface area contributed by atoms with Crippen LogP contribution in [0.5, 0.6) is 5.75 Å².